The standard InChI is InChI=1S/C13H11Cl2N5O3S/c1-6(24-12-11(22)17-13(23)20-19-12)10(21)18-16-5-7-2-3-8(14)4-9(7)15/h2-6H,1H3,(H,18,21)(H2,17,20,22,23)/b16-5+. The number of carbonyl (C=O) groups excluding carboxylic acids is 1. The van der Waals surface area contributed by atoms with Crippen molar-refractivity contribution in [3.8, 4) is 0 Å². The zero-order valence-corrected chi connectivity index (χ0v) is 14.5. The number of halogens is 2. The number of carbonyl (C=O) groups is 1. The number of hydrogen-bond donors (Lipinski definition) is 3. The topological polar surface area (TPSA) is 120 Å². The molecular weight excluding hydrogens is 377 g/mol. The SMILES string of the molecule is CC(Sc1n[nH]c(=O)[nH]c1=O)C(=O)N/N=C/c1ccc(Cl)cc1Cl. The Kier molecular flexibility index (Phi) is 6.18. The van der Waals surface area contributed by atoms with Crippen LogP contribution in [0.15, 0.2) is 37.9 Å². The maximum atomic E-state index is 11.9. The Balaban J connectivity index is 1.97. The molecule has 0 bridgehead atoms. The number of nitrogens with zero attached hydrogens (tertiary/aromatic N) is 2. The van der Waals surface area contributed by atoms with Crippen LogP contribution < -0.4 is 16.7 Å². The molecule has 1 aromatic carbocycles. The molecular formula is C13H11Cl2N5O3S. The van der Waals surface area contributed by atoms with E-state index in [0.717, 1.165) is 11.8 Å². The fraction of sp³-hybridized carbons (Fsp3) is 0.154. The largest absolute Gasteiger partial charge is 0.342 e. The number of rotatable bonds is 5. The van der Waals surface area contributed by atoms with E-state index in [1.807, 2.05) is 4.98 Å². The fourth-order valence-electron chi connectivity index (χ4n) is 1.50. The van der Waals surface area contributed by atoms with Gasteiger partial charge in [-0.25, -0.2) is 15.3 Å². The van der Waals surface area contributed by atoms with Crippen molar-refractivity contribution in [2.45, 2.75) is 17.2 Å². The second-order valence-corrected chi connectivity index (χ2v) is 6.65. The summed E-state index contributed by atoms with van der Waals surface area (Å²) < 4.78 is 0. The molecule has 2 aromatic rings. The van der Waals surface area contributed by atoms with Gasteiger partial charge >= 0.3 is 5.69 Å². The highest BCUT2D eigenvalue weighted by atomic mass is 35.5. The van der Waals surface area contributed by atoms with Crippen molar-refractivity contribution in [2.75, 3.05) is 0 Å². The third kappa shape index (κ3) is 4.95. The van der Waals surface area contributed by atoms with Gasteiger partial charge in [0.05, 0.1) is 16.5 Å². The number of aromatic nitrogens is 3. The number of hydrazone groups is 1. The summed E-state index contributed by atoms with van der Waals surface area (Å²) in [5.74, 6) is -0.450. The monoisotopic (exact) mass is 387 g/mol. The van der Waals surface area contributed by atoms with E-state index in [9.17, 15) is 14.4 Å². The second-order valence-electron chi connectivity index (χ2n) is 4.47. The minimum atomic E-state index is -0.717. The molecule has 11 heteroatoms. The summed E-state index contributed by atoms with van der Waals surface area (Å²) in [7, 11) is 0. The summed E-state index contributed by atoms with van der Waals surface area (Å²) in [4.78, 5) is 36.4. The molecule has 1 unspecified atom stereocenters. The molecule has 1 amide bonds. The molecule has 0 fully saturated rings. The van der Waals surface area contributed by atoms with Crippen molar-refractivity contribution >= 4 is 47.1 Å². The van der Waals surface area contributed by atoms with E-state index in [1.54, 1.807) is 25.1 Å². The van der Waals surface area contributed by atoms with E-state index in [2.05, 4.69) is 20.7 Å². The Bertz CT molecular complexity index is 896. The third-order valence-corrected chi connectivity index (χ3v) is 4.31. The highest BCUT2D eigenvalue weighted by Gasteiger charge is 2.17. The lowest BCUT2D eigenvalue weighted by Gasteiger charge is -2.07. The molecule has 2 rings (SSSR count). The molecule has 1 atom stereocenters. The van der Waals surface area contributed by atoms with E-state index >= 15 is 0 Å². The summed E-state index contributed by atoms with van der Waals surface area (Å²) in [5, 5.41) is 9.67. The fourth-order valence-corrected chi connectivity index (χ4v) is 2.71. The lowest BCUT2D eigenvalue weighted by molar-refractivity contribution is -0.120. The molecule has 0 aliphatic rings. The number of amides is 1. The Hall–Kier alpha value is -2.10. The summed E-state index contributed by atoms with van der Waals surface area (Å²) >= 11 is 12.6. The quantitative estimate of drug-likeness (QED) is 0.406. The summed E-state index contributed by atoms with van der Waals surface area (Å²) in [6.07, 6.45) is 1.37. The maximum Gasteiger partial charge on any atom is 0.342 e. The van der Waals surface area contributed by atoms with Gasteiger partial charge in [-0.1, -0.05) is 41.0 Å². The average molecular weight is 388 g/mol. The second kappa shape index (κ2) is 8.13. The van der Waals surface area contributed by atoms with Crippen molar-refractivity contribution in [3.63, 3.8) is 0 Å². The van der Waals surface area contributed by atoms with Gasteiger partial charge in [0.1, 0.15) is 0 Å². The first-order valence-corrected chi connectivity index (χ1v) is 8.14. The Morgan fingerprint density at radius 2 is 2.17 bits per heavy atom. The molecule has 1 heterocycles. The van der Waals surface area contributed by atoms with Crippen molar-refractivity contribution in [1.29, 1.82) is 0 Å². The number of aromatic amines is 2. The van der Waals surface area contributed by atoms with E-state index < -0.39 is 22.4 Å². The molecule has 0 aliphatic heterocycles. The summed E-state index contributed by atoms with van der Waals surface area (Å²) in [5.41, 5.74) is 1.53. The van der Waals surface area contributed by atoms with Crippen LogP contribution in [0.5, 0.6) is 0 Å². The van der Waals surface area contributed by atoms with Crippen molar-refractivity contribution in [2.24, 2.45) is 5.10 Å². The predicted octanol–water partition coefficient (Wildman–Crippen LogP) is 1.40. The van der Waals surface area contributed by atoms with Crippen LogP contribution in [0, 0.1) is 0 Å². The van der Waals surface area contributed by atoms with Gasteiger partial charge in [0.2, 0.25) is 0 Å². The first-order chi connectivity index (χ1) is 11.4. The Morgan fingerprint density at radius 1 is 1.42 bits per heavy atom. The summed E-state index contributed by atoms with van der Waals surface area (Å²) in [6, 6.07) is 4.85. The minimum absolute atomic E-state index is 0.0259. The lowest BCUT2D eigenvalue weighted by atomic mass is 10.2. The van der Waals surface area contributed by atoms with Crippen LogP contribution in [0.1, 0.15) is 12.5 Å². The molecule has 24 heavy (non-hydrogen) atoms. The highest BCUT2D eigenvalue weighted by molar-refractivity contribution is 8.00. The van der Waals surface area contributed by atoms with E-state index in [1.165, 1.54) is 6.21 Å². The zero-order valence-electron chi connectivity index (χ0n) is 12.2. The lowest BCUT2D eigenvalue weighted by Crippen LogP contribution is -2.30. The first kappa shape index (κ1) is 18.2. The van der Waals surface area contributed by atoms with Gasteiger partial charge in [-0.2, -0.15) is 10.2 Å². The molecule has 0 spiro atoms. The van der Waals surface area contributed by atoms with Crippen LogP contribution in [-0.4, -0.2) is 32.6 Å². The number of nitrogens with one attached hydrogen (secondary N) is 3. The Labute approximate surface area is 149 Å². The molecule has 1 aromatic heterocycles. The molecule has 0 saturated heterocycles. The van der Waals surface area contributed by atoms with Gasteiger partial charge in [0.25, 0.3) is 11.5 Å². The number of hydrogen-bond acceptors (Lipinski definition) is 6. The highest BCUT2D eigenvalue weighted by Crippen LogP contribution is 2.19. The minimum Gasteiger partial charge on any atom is -0.272 e. The number of benzene rings is 1. The Morgan fingerprint density at radius 3 is 2.83 bits per heavy atom. The van der Waals surface area contributed by atoms with Crippen LogP contribution in [0.25, 0.3) is 0 Å². The van der Waals surface area contributed by atoms with Crippen LogP contribution in [0.4, 0.5) is 0 Å². The van der Waals surface area contributed by atoms with Crippen LogP contribution >= 0.6 is 35.0 Å². The van der Waals surface area contributed by atoms with E-state index in [4.69, 9.17) is 23.2 Å². The van der Waals surface area contributed by atoms with Gasteiger partial charge in [-0.15, -0.1) is 0 Å². The normalized spacial score (nSPS) is 12.3. The average Bonchev–Trinajstić information content (AvgIpc) is 2.52. The van der Waals surface area contributed by atoms with Gasteiger partial charge < -0.3 is 0 Å². The molecule has 8 nitrogen and oxygen atoms in total. The van der Waals surface area contributed by atoms with Crippen LogP contribution in [-0.2, 0) is 4.79 Å². The smallest absolute Gasteiger partial charge is 0.272 e. The molecule has 0 aliphatic carbocycles. The predicted molar refractivity (Wildman–Crippen MR) is 93.0 cm³/mol. The van der Waals surface area contributed by atoms with Crippen molar-refractivity contribution in [3.05, 3.63) is 54.6 Å². The van der Waals surface area contributed by atoms with Gasteiger partial charge in [0.15, 0.2) is 5.03 Å². The molecule has 126 valence electrons. The molecule has 3 N–H and O–H groups in total. The van der Waals surface area contributed by atoms with Crippen LogP contribution in [0.2, 0.25) is 10.0 Å². The van der Waals surface area contributed by atoms with Crippen molar-refractivity contribution < 1.29 is 4.79 Å². The third-order valence-electron chi connectivity index (χ3n) is 2.68. The van der Waals surface area contributed by atoms with Crippen LogP contribution in [0.3, 0.4) is 0 Å². The van der Waals surface area contributed by atoms with Gasteiger partial charge in [-0.05, 0) is 19.1 Å². The first-order valence-electron chi connectivity index (χ1n) is 6.50. The van der Waals surface area contributed by atoms with Gasteiger partial charge in [-0.3, -0.25) is 14.6 Å². The van der Waals surface area contributed by atoms with E-state index in [0.29, 0.717) is 15.6 Å². The summed E-state index contributed by atoms with van der Waals surface area (Å²) in [6.45, 7) is 1.57. The van der Waals surface area contributed by atoms with E-state index in [-0.39, 0.29) is 5.03 Å². The zero-order chi connectivity index (χ0) is 17.7. The van der Waals surface area contributed by atoms with Crippen molar-refractivity contribution in [1.82, 2.24) is 20.6 Å². The maximum absolute atomic E-state index is 11.9. The molecule has 0 saturated carbocycles. The number of thioether (sulfide) groups is 1. The molecule has 0 radical (unpaired) electrons. The number of H-pyrrole nitrogens is 2. The van der Waals surface area contributed by atoms with Gasteiger partial charge in [0, 0.05) is 10.6 Å².